The van der Waals surface area contributed by atoms with E-state index in [2.05, 4.69) is 26.1 Å². The summed E-state index contributed by atoms with van der Waals surface area (Å²) in [6, 6.07) is 0.577. The second kappa shape index (κ2) is 9.80. The third kappa shape index (κ3) is 5.27. The number of rotatable bonds is 8. The molecule has 0 aromatic rings. The van der Waals surface area contributed by atoms with E-state index in [1.807, 2.05) is 0 Å². The fourth-order valence-electron chi connectivity index (χ4n) is 3.37. The van der Waals surface area contributed by atoms with Gasteiger partial charge in [0.15, 0.2) is 0 Å². The number of hydrogen-bond acceptors (Lipinski definition) is 2. The first-order valence-corrected chi connectivity index (χ1v) is 8.18. The van der Waals surface area contributed by atoms with Crippen molar-refractivity contribution in [3.8, 4) is 0 Å². The van der Waals surface area contributed by atoms with E-state index < -0.39 is 0 Å². The molecule has 1 aliphatic carbocycles. The van der Waals surface area contributed by atoms with E-state index in [0.717, 1.165) is 19.1 Å². The van der Waals surface area contributed by atoms with Crippen molar-refractivity contribution in [1.29, 1.82) is 0 Å². The third-order valence-electron chi connectivity index (χ3n) is 4.20. The minimum atomic E-state index is 0.419. The van der Waals surface area contributed by atoms with Crippen molar-refractivity contribution in [2.45, 2.75) is 84.3 Å². The van der Waals surface area contributed by atoms with Gasteiger partial charge >= 0.3 is 0 Å². The Morgan fingerprint density at radius 2 is 1.72 bits per heavy atom. The molecule has 2 heteroatoms. The van der Waals surface area contributed by atoms with Gasteiger partial charge < -0.3 is 10.1 Å². The third-order valence-corrected chi connectivity index (χ3v) is 4.20. The molecule has 2 unspecified atom stereocenters. The summed E-state index contributed by atoms with van der Waals surface area (Å²) in [5.41, 5.74) is 0. The molecular weight excluding hydrogens is 222 g/mol. The molecule has 108 valence electrons. The van der Waals surface area contributed by atoms with Crippen LogP contribution in [0.5, 0.6) is 0 Å². The first-order chi connectivity index (χ1) is 8.83. The predicted octanol–water partition coefficient (Wildman–Crippen LogP) is 4.14. The lowest BCUT2D eigenvalue weighted by atomic mass is 9.86. The highest BCUT2D eigenvalue weighted by Gasteiger charge is 2.29. The average Bonchev–Trinajstić information content (AvgIpc) is 2.64. The highest BCUT2D eigenvalue weighted by Crippen LogP contribution is 2.28. The van der Waals surface area contributed by atoms with Crippen LogP contribution in [-0.4, -0.2) is 25.3 Å². The highest BCUT2D eigenvalue weighted by molar-refractivity contribution is 4.85. The van der Waals surface area contributed by atoms with Crippen LogP contribution >= 0.6 is 0 Å². The Bertz CT molecular complexity index is 180. The number of likely N-dealkylation sites (N-methyl/N-ethyl adjacent to an activating group) is 1. The minimum absolute atomic E-state index is 0.419. The van der Waals surface area contributed by atoms with Gasteiger partial charge in [-0.25, -0.2) is 0 Å². The molecule has 1 N–H and O–H groups in total. The Balaban J connectivity index is 2.63. The Kier molecular flexibility index (Phi) is 8.70. The van der Waals surface area contributed by atoms with Crippen LogP contribution < -0.4 is 5.32 Å². The van der Waals surface area contributed by atoms with E-state index >= 15 is 0 Å². The SMILES string of the molecule is CCCC(OCC)C(NCC)C1CCCCCC1. The molecule has 0 bridgehead atoms. The van der Waals surface area contributed by atoms with E-state index in [-0.39, 0.29) is 0 Å². The zero-order chi connectivity index (χ0) is 13.2. The lowest BCUT2D eigenvalue weighted by molar-refractivity contribution is 0.00962. The van der Waals surface area contributed by atoms with E-state index in [0.29, 0.717) is 12.1 Å². The summed E-state index contributed by atoms with van der Waals surface area (Å²) in [5.74, 6) is 0.829. The van der Waals surface area contributed by atoms with Crippen molar-refractivity contribution in [3.63, 3.8) is 0 Å². The predicted molar refractivity (Wildman–Crippen MR) is 79.0 cm³/mol. The molecule has 2 nitrogen and oxygen atoms in total. The van der Waals surface area contributed by atoms with Crippen molar-refractivity contribution in [1.82, 2.24) is 5.32 Å². The van der Waals surface area contributed by atoms with Crippen LogP contribution in [0.3, 0.4) is 0 Å². The van der Waals surface area contributed by atoms with Gasteiger partial charge in [-0.15, -0.1) is 0 Å². The summed E-state index contributed by atoms with van der Waals surface area (Å²) in [6.07, 6.45) is 11.3. The quantitative estimate of drug-likeness (QED) is 0.658. The zero-order valence-electron chi connectivity index (χ0n) is 12.7. The van der Waals surface area contributed by atoms with Gasteiger partial charge in [-0.1, -0.05) is 46.0 Å². The summed E-state index contributed by atoms with van der Waals surface area (Å²) < 4.78 is 6.03. The van der Waals surface area contributed by atoms with Crippen LogP contribution in [0, 0.1) is 5.92 Å². The molecule has 0 aromatic heterocycles. The fraction of sp³-hybridized carbons (Fsp3) is 1.00. The molecule has 0 aromatic carbocycles. The molecule has 1 fully saturated rings. The normalized spacial score (nSPS) is 21.5. The van der Waals surface area contributed by atoms with Gasteiger partial charge in [0.25, 0.3) is 0 Å². The van der Waals surface area contributed by atoms with Crippen LogP contribution in [0.15, 0.2) is 0 Å². The number of hydrogen-bond donors (Lipinski definition) is 1. The minimum Gasteiger partial charge on any atom is -0.377 e. The molecule has 0 radical (unpaired) electrons. The number of ether oxygens (including phenoxy) is 1. The Morgan fingerprint density at radius 3 is 2.22 bits per heavy atom. The largest absolute Gasteiger partial charge is 0.377 e. The van der Waals surface area contributed by atoms with Gasteiger partial charge in [-0.2, -0.15) is 0 Å². The Hall–Kier alpha value is -0.0800. The maximum absolute atomic E-state index is 6.03. The van der Waals surface area contributed by atoms with Crippen LogP contribution in [0.2, 0.25) is 0 Å². The summed E-state index contributed by atoms with van der Waals surface area (Å²) in [5, 5.41) is 3.72. The van der Waals surface area contributed by atoms with Gasteiger partial charge in [0, 0.05) is 12.6 Å². The number of nitrogens with one attached hydrogen (secondary N) is 1. The molecule has 0 heterocycles. The zero-order valence-corrected chi connectivity index (χ0v) is 12.7. The van der Waals surface area contributed by atoms with Crippen LogP contribution in [0.1, 0.15) is 72.1 Å². The maximum Gasteiger partial charge on any atom is 0.0730 e. The maximum atomic E-state index is 6.03. The molecular formula is C16H33NO. The van der Waals surface area contributed by atoms with Crippen LogP contribution in [-0.2, 0) is 4.74 Å². The van der Waals surface area contributed by atoms with Gasteiger partial charge in [0.05, 0.1) is 6.10 Å². The van der Waals surface area contributed by atoms with Crippen molar-refractivity contribution in [3.05, 3.63) is 0 Å². The topological polar surface area (TPSA) is 21.3 Å². The van der Waals surface area contributed by atoms with E-state index in [4.69, 9.17) is 4.74 Å². The summed E-state index contributed by atoms with van der Waals surface area (Å²) in [7, 11) is 0. The second-order valence-electron chi connectivity index (χ2n) is 5.62. The molecule has 1 aliphatic rings. The average molecular weight is 255 g/mol. The molecule has 1 rings (SSSR count). The van der Waals surface area contributed by atoms with Crippen LogP contribution in [0.25, 0.3) is 0 Å². The summed E-state index contributed by atoms with van der Waals surface area (Å²) in [6.45, 7) is 8.52. The first-order valence-electron chi connectivity index (χ1n) is 8.18. The second-order valence-corrected chi connectivity index (χ2v) is 5.62. The van der Waals surface area contributed by atoms with Gasteiger partial charge in [-0.05, 0) is 38.6 Å². The van der Waals surface area contributed by atoms with E-state index in [1.54, 1.807) is 0 Å². The summed E-state index contributed by atoms with van der Waals surface area (Å²) >= 11 is 0. The lowest BCUT2D eigenvalue weighted by Crippen LogP contribution is -2.46. The van der Waals surface area contributed by atoms with Gasteiger partial charge in [-0.3, -0.25) is 0 Å². The lowest BCUT2D eigenvalue weighted by Gasteiger charge is -2.34. The molecule has 0 aliphatic heterocycles. The fourth-order valence-corrected chi connectivity index (χ4v) is 3.37. The van der Waals surface area contributed by atoms with Crippen LogP contribution in [0.4, 0.5) is 0 Å². The van der Waals surface area contributed by atoms with Gasteiger partial charge in [0.2, 0.25) is 0 Å². The molecule has 0 saturated heterocycles. The molecule has 1 saturated carbocycles. The first kappa shape index (κ1) is 16.0. The monoisotopic (exact) mass is 255 g/mol. The molecule has 0 spiro atoms. The van der Waals surface area contributed by atoms with Crippen molar-refractivity contribution in [2.75, 3.05) is 13.2 Å². The highest BCUT2D eigenvalue weighted by atomic mass is 16.5. The van der Waals surface area contributed by atoms with E-state index in [9.17, 15) is 0 Å². The molecule has 0 amide bonds. The van der Waals surface area contributed by atoms with E-state index in [1.165, 1.54) is 51.4 Å². The Morgan fingerprint density at radius 1 is 1.06 bits per heavy atom. The van der Waals surface area contributed by atoms with Crippen molar-refractivity contribution in [2.24, 2.45) is 5.92 Å². The molecule has 2 atom stereocenters. The molecule has 18 heavy (non-hydrogen) atoms. The smallest absolute Gasteiger partial charge is 0.0730 e. The van der Waals surface area contributed by atoms with Gasteiger partial charge in [0.1, 0.15) is 0 Å². The van der Waals surface area contributed by atoms with Crippen molar-refractivity contribution < 1.29 is 4.74 Å². The Labute approximate surface area is 114 Å². The standard InChI is InChI=1S/C16H33NO/c1-4-11-15(18-6-3)16(17-5-2)14-12-9-7-8-10-13-14/h14-17H,4-13H2,1-3H3. The summed E-state index contributed by atoms with van der Waals surface area (Å²) in [4.78, 5) is 0. The van der Waals surface area contributed by atoms with Crippen molar-refractivity contribution >= 4 is 0 Å².